The lowest BCUT2D eigenvalue weighted by molar-refractivity contribution is 0.278. The molecule has 2 rings (SSSR count). The van der Waals surface area contributed by atoms with E-state index in [-0.39, 0.29) is 17.5 Å². The van der Waals surface area contributed by atoms with Crippen LogP contribution in [0.3, 0.4) is 0 Å². The predicted octanol–water partition coefficient (Wildman–Crippen LogP) is 0.742. The Morgan fingerprint density at radius 1 is 1.40 bits per heavy atom. The molecule has 2 aromatic rings. The van der Waals surface area contributed by atoms with E-state index in [2.05, 4.69) is 9.71 Å². The van der Waals surface area contributed by atoms with E-state index < -0.39 is 10.0 Å². The van der Waals surface area contributed by atoms with Gasteiger partial charge in [0.1, 0.15) is 0 Å². The highest BCUT2D eigenvalue weighted by Crippen LogP contribution is 2.15. The van der Waals surface area contributed by atoms with Crippen LogP contribution in [0, 0.1) is 0 Å². The number of hydrogen-bond donors (Lipinski definition) is 2. The summed E-state index contributed by atoms with van der Waals surface area (Å²) >= 11 is 0. The van der Waals surface area contributed by atoms with Crippen LogP contribution >= 0.6 is 0 Å². The molecule has 20 heavy (non-hydrogen) atoms. The average Bonchev–Trinajstić information content (AvgIpc) is 2.90. The van der Waals surface area contributed by atoms with E-state index >= 15 is 0 Å². The van der Waals surface area contributed by atoms with Gasteiger partial charge in [-0.05, 0) is 18.6 Å². The van der Waals surface area contributed by atoms with Crippen LogP contribution in [-0.2, 0) is 23.2 Å². The van der Waals surface area contributed by atoms with E-state index in [9.17, 15) is 13.5 Å². The first kappa shape index (κ1) is 14.7. The Labute approximate surface area is 118 Å². The Balaban J connectivity index is 2.14. The van der Waals surface area contributed by atoms with Gasteiger partial charge in [0.15, 0.2) is 0 Å². The van der Waals surface area contributed by atoms with Crippen LogP contribution in [-0.4, -0.2) is 29.1 Å². The molecule has 1 aromatic carbocycles. The third-order valence-corrected chi connectivity index (χ3v) is 4.52. The molecule has 0 spiro atoms. The SMILES string of the molecule is CC(Cn1ccnc1)NS(=O)(=O)c1ccccc1CO. The molecule has 1 aromatic heterocycles. The van der Waals surface area contributed by atoms with Gasteiger partial charge in [0.05, 0.1) is 17.8 Å². The van der Waals surface area contributed by atoms with Crippen LogP contribution < -0.4 is 4.72 Å². The van der Waals surface area contributed by atoms with Crippen LogP contribution in [0.1, 0.15) is 12.5 Å². The van der Waals surface area contributed by atoms with Crippen molar-refractivity contribution in [3.8, 4) is 0 Å². The van der Waals surface area contributed by atoms with Crippen LogP contribution in [0.4, 0.5) is 0 Å². The van der Waals surface area contributed by atoms with Crippen molar-refractivity contribution in [2.24, 2.45) is 0 Å². The number of rotatable bonds is 6. The van der Waals surface area contributed by atoms with E-state index in [1.807, 2.05) is 0 Å². The summed E-state index contributed by atoms with van der Waals surface area (Å²) in [5.41, 5.74) is 0.384. The Hall–Kier alpha value is -1.70. The van der Waals surface area contributed by atoms with Crippen molar-refractivity contribution in [2.75, 3.05) is 0 Å². The highest BCUT2D eigenvalue weighted by molar-refractivity contribution is 7.89. The summed E-state index contributed by atoms with van der Waals surface area (Å²) in [6, 6.07) is 6.11. The third-order valence-electron chi connectivity index (χ3n) is 2.83. The molecule has 108 valence electrons. The van der Waals surface area contributed by atoms with Gasteiger partial charge in [-0.2, -0.15) is 0 Å². The normalized spacial score (nSPS) is 13.3. The number of imidazole rings is 1. The standard InChI is InChI=1S/C13H17N3O3S/c1-11(8-16-7-6-14-10-16)15-20(18,19)13-5-3-2-4-12(13)9-17/h2-7,10-11,15,17H,8-9H2,1H3. The topological polar surface area (TPSA) is 84.2 Å². The van der Waals surface area contributed by atoms with Crippen LogP contribution in [0.2, 0.25) is 0 Å². The number of aromatic nitrogens is 2. The van der Waals surface area contributed by atoms with E-state index in [4.69, 9.17) is 0 Å². The van der Waals surface area contributed by atoms with Crippen molar-refractivity contribution in [3.05, 3.63) is 48.5 Å². The van der Waals surface area contributed by atoms with Gasteiger partial charge in [-0.15, -0.1) is 0 Å². The van der Waals surface area contributed by atoms with E-state index in [1.165, 1.54) is 6.07 Å². The molecule has 1 atom stereocenters. The summed E-state index contributed by atoms with van der Waals surface area (Å²) in [5, 5.41) is 9.22. The fraction of sp³-hybridized carbons (Fsp3) is 0.308. The molecule has 2 N–H and O–H groups in total. The van der Waals surface area contributed by atoms with Crippen molar-refractivity contribution in [1.29, 1.82) is 0 Å². The molecule has 0 saturated heterocycles. The Morgan fingerprint density at radius 2 is 2.15 bits per heavy atom. The third kappa shape index (κ3) is 3.44. The van der Waals surface area contributed by atoms with Crippen molar-refractivity contribution < 1.29 is 13.5 Å². The maximum Gasteiger partial charge on any atom is 0.241 e. The minimum absolute atomic E-state index is 0.111. The highest BCUT2D eigenvalue weighted by Gasteiger charge is 2.20. The van der Waals surface area contributed by atoms with Crippen LogP contribution in [0.15, 0.2) is 47.9 Å². The number of nitrogens with zero attached hydrogens (tertiary/aromatic N) is 2. The lowest BCUT2D eigenvalue weighted by Gasteiger charge is -2.16. The van der Waals surface area contributed by atoms with E-state index in [1.54, 1.807) is 48.4 Å². The number of sulfonamides is 1. The molecular formula is C13H17N3O3S. The average molecular weight is 295 g/mol. The second-order valence-electron chi connectivity index (χ2n) is 4.55. The fourth-order valence-electron chi connectivity index (χ4n) is 1.97. The maximum absolute atomic E-state index is 12.3. The number of hydrogen-bond acceptors (Lipinski definition) is 4. The van der Waals surface area contributed by atoms with Crippen molar-refractivity contribution in [1.82, 2.24) is 14.3 Å². The predicted molar refractivity (Wildman–Crippen MR) is 74.4 cm³/mol. The fourth-order valence-corrected chi connectivity index (χ4v) is 3.44. The molecule has 0 aliphatic rings. The van der Waals surface area contributed by atoms with Gasteiger partial charge < -0.3 is 9.67 Å². The van der Waals surface area contributed by atoms with Crippen molar-refractivity contribution >= 4 is 10.0 Å². The minimum atomic E-state index is -3.65. The lowest BCUT2D eigenvalue weighted by atomic mass is 10.2. The molecule has 7 heteroatoms. The summed E-state index contributed by atoms with van der Waals surface area (Å²) in [7, 11) is -3.65. The van der Waals surface area contributed by atoms with Crippen LogP contribution in [0.25, 0.3) is 0 Å². The lowest BCUT2D eigenvalue weighted by Crippen LogP contribution is -2.35. The zero-order chi connectivity index (χ0) is 14.6. The number of aliphatic hydroxyl groups excluding tert-OH is 1. The molecule has 1 heterocycles. The van der Waals surface area contributed by atoms with Crippen LogP contribution in [0.5, 0.6) is 0 Å². The second kappa shape index (κ2) is 6.17. The van der Waals surface area contributed by atoms with E-state index in [0.717, 1.165) is 0 Å². The summed E-state index contributed by atoms with van der Waals surface area (Å²) in [6.07, 6.45) is 5.04. The highest BCUT2D eigenvalue weighted by atomic mass is 32.2. The number of nitrogens with one attached hydrogen (secondary N) is 1. The molecule has 6 nitrogen and oxygen atoms in total. The van der Waals surface area contributed by atoms with Gasteiger partial charge in [-0.25, -0.2) is 18.1 Å². The van der Waals surface area contributed by atoms with Gasteiger partial charge in [-0.1, -0.05) is 18.2 Å². The Kier molecular flexibility index (Phi) is 4.53. The molecule has 1 unspecified atom stereocenters. The smallest absolute Gasteiger partial charge is 0.241 e. The molecular weight excluding hydrogens is 278 g/mol. The largest absolute Gasteiger partial charge is 0.392 e. The summed E-state index contributed by atoms with van der Waals surface area (Å²) < 4.78 is 29.0. The van der Waals surface area contributed by atoms with Gasteiger partial charge in [-0.3, -0.25) is 0 Å². The zero-order valence-corrected chi connectivity index (χ0v) is 11.9. The Morgan fingerprint density at radius 3 is 2.80 bits per heavy atom. The minimum Gasteiger partial charge on any atom is -0.392 e. The Bertz CT molecular complexity index is 653. The summed E-state index contributed by atoms with van der Waals surface area (Å²) in [5.74, 6) is 0. The molecule has 0 saturated carbocycles. The second-order valence-corrected chi connectivity index (χ2v) is 6.23. The molecule has 0 aliphatic carbocycles. The van der Waals surface area contributed by atoms with E-state index in [0.29, 0.717) is 12.1 Å². The first-order valence-corrected chi connectivity index (χ1v) is 7.68. The monoisotopic (exact) mass is 295 g/mol. The van der Waals surface area contributed by atoms with Crippen molar-refractivity contribution in [3.63, 3.8) is 0 Å². The molecule has 0 bridgehead atoms. The zero-order valence-electron chi connectivity index (χ0n) is 11.1. The molecule has 0 fully saturated rings. The molecule has 0 radical (unpaired) electrons. The number of aliphatic hydroxyl groups is 1. The van der Waals surface area contributed by atoms with Gasteiger partial charge in [0.2, 0.25) is 10.0 Å². The summed E-state index contributed by atoms with van der Waals surface area (Å²) in [6.45, 7) is 1.95. The quantitative estimate of drug-likeness (QED) is 0.823. The maximum atomic E-state index is 12.3. The first-order valence-electron chi connectivity index (χ1n) is 6.20. The van der Waals surface area contributed by atoms with Gasteiger partial charge >= 0.3 is 0 Å². The molecule has 0 aliphatic heterocycles. The molecule has 0 amide bonds. The van der Waals surface area contributed by atoms with Gasteiger partial charge in [0, 0.05) is 25.0 Å². The first-order chi connectivity index (χ1) is 9.53. The summed E-state index contributed by atoms with van der Waals surface area (Å²) in [4.78, 5) is 4.02. The number of benzene rings is 1. The van der Waals surface area contributed by atoms with Crippen molar-refractivity contribution in [2.45, 2.75) is 31.0 Å². The van der Waals surface area contributed by atoms with Gasteiger partial charge in [0.25, 0.3) is 0 Å².